The third kappa shape index (κ3) is 5.67. The molecular formula is C18H28N4O4. The Balaban J connectivity index is 0.000000260. The zero-order chi connectivity index (χ0) is 19.1. The molecule has 0 amide bonds. The van der Waals surface area contributed by atoms with Crippen molar-refractivity contribution < 1.29 is 19.8 Å². The molecule has 1 aromatic heterocycles. The molecule has 0 radical (unpaired) electrons. The molecular weight excluding hydrogens is 336 g/mol. The summed E-state index contributed by atoms with van der Waals surface area (Å²) in [5.74, 6) is -2.51. The van der Waals surface area contributed by atoms with Crippen LogP contribution in [0.4, 0.5) is 0 Å². The lowest BCUT2D eigenvalue weighted by molar-refractivity contribution is -0.134. The van der Waals surface area contributed by atoms with Gasteiger partial charge in [0.1, 0.15) is 0 Å². The third-order valence-electron chi connectivity index (χ3n) is 4.94. The minimum Gasteiger partial charge on any atom is -0.478 e. The predicted molar refractivity (Wildman–Crippen MR) is 97.2 cm³/mol. The summed E-state index contributed by atoms with van der Waals surface area (Å²) in [6, 6.07) is 0.728. The van der Waals surface area contributed by atoms with Crippen molar-refractivity contribution in [2.75, 3.05) is 33.2 Å². The van der Waals surface area contributed by atoms with Gasteiger partial charge in [0.15, 0.2) is 0 Å². The molecule has 2 aliphatic rings. The minimum absolute atomic E-state index is 0.558. The maximum absolute atomic E-state index is 9.55. The second-order valence-corrected chi connectivity index (χ2v) is 6.67. The van der Waals surface area contributed by atoms with Gasteiger partial charge in [-0.3, -0.25) is 4.90 Å². The van der Waals surface area contributed by atoms with Crippen molar-refractivity contribution in [2.45, 2.75) is 38.8 Å². The van der Waals surface area contributed by atoms with Crippen molar-refractivity contribution in [3.8, 4) is 0 Å². The summed E-state index contributed by atoms with van der Waals surface area (Å²) in [6.07, 6.45) is 6.82. The van der Waals surface area contributed by atoms with Gasteiger partial charge in [0, 0.05) is 63.0 Å². The Hall–Kier alpha value is -2.19. The van der Waals surface area contributed by atoms with E-state index < -0.39 is 11.9 Å². The Morgan fingerprint density at radius 2 is 1.81 bits per heavy atom. The van der Waals surface area contributed by atoms with Crippen molar-refractivity contribution in [1.29, 1.82) is 0 Å². The maximum atomic E-state index is 9.55. The summed E-state index contributed by atoms with van der Waals surface area (Å²) in [7, 11) is 2.22. The largest absolute Gasteiger partial charge is 0.478 e. The van der Waals surface area contributed by atoms with E-state index in [1.54, 1.807) is 0 Å². The van der Waals surface area contributed by atoms with E-state index in [9.17, 15) is 9.59 Å². The van der Waals surface area contributed by atoms with Crippen LogP contribution in [-0.2, 0) is 29.0 Å². The molecule has 1 aromatic rings. The predicted octanol–water partition coefficient (Wildman–Crippen LogP) is 0.720. The van der Waals surface area contributed by atoms with Crippen LogP contribution in [0.1, 0.15) is 24.7 Å². The van der Waals surface area contributed by atoms with Crippen LogP contribution in [0.2, 0.25) is 0 Å². The van der Waals surface area contributed by atoms with E-state index in [0.29, 0.717) is 12.2 Å². The number of hydrogen-bond acceptors (Lipinski definition) is 5. The van der Waals surface area contributed by atoms with Gasteiger partial charge >= 0.3 is 11.9 Å². The number of carboxylic acids is 2. The number of rotatable bonds is 4. The molecule has 8 heteroatoms. The van der Waals surface area contributed by atoms with Crippen molar-refractivity contribution in [1.82, 2.24) is 19.4 Å². The van der Waals surface area contributed by atoms with E-state index in [0.717, 1.165) is 19.0 Å². The SMILES string of the molecule is CCn1cnc2c1CCC(N1CCN(C)CC1)C2.O=C(O)/C=C/C(=O)O. The van der Waals surface area contributed by atoms with Gasteiger partial charge in [-0.05, 0) is 26.8 Å². The smallest absolute Gasteiger partial charge is 0.328 e. The van der Waals surface area contributed by atoms with Crippen molar-refractivity contribution in [3.05, 3.63) is 29.9 Å². The van der Waals surface area contributed by atoms with E-state index in [1.807, 2.05) is 6.33 Å². The van der Waals surface area contributed by atoms with Crippen molar-refractivity contribution in [2.24, 2.45) is 0 Å². The highest BCUT2D eigenvalue weighted by atomic mass is 16.4. The van der Waals surface area contributed by atoms with Crippen LogP contribution >= 0.6 is 0 Å². The monoisotopic (exact) mass is 364 g/mol. The first-order valence-corrected chi connectivity index (χ1v) is 9.00. The van der Waals surface area contributed by atoms with Crippen LogP contribution in [0.25, 0.3) is 0 Å². The summed E-state index contributed by atoms with van der Waals surface area (Å²) < 4.78 is 2.32. The van der Waals surface area contributed by atoms with Crippen LogP contribution in [0, 0.1) is 0 Å². The number of likely N-dealkylation sites (N-methyl/N-ethyl adjacent to an activating group) is 1. The van der Waals surface area contributed by atoms with Gasteiger partial charge in [0.05, 0.1) is 12.0 Å². The fourth-order valence-corrected chi connectivity index (χ4v) is 3.45. The number of aliphatic carboxylic acids is 2. The molecule has 2 heterocycles. The van der Waals surface area contributed by atoms with Crippen LogP contribution in [-0.4, -0.2) is 80.8 Å². The number of hydrogen-bond donors (Lipinski definition) is 2. The highest BCUT2D eigenvalue weighted by Gasteiger charge is 2.28. The molecule has 1 unspecified atom stereocenters. The molecule has 0 aromatic carbocycles. The van der Waals surface area contributed by atoms with Gasteiger partial charge in [0.25, 0.3) is 0 Å². The zero-order valence-electron chi connectivity index (χ0n) is 15.5. The Morgan fingerprint density at radius 1 is 1.19 bits per heavy atom. The number of imidazole rings is 1. The average Bonchev–Trinajstić information content (AvgIpc) is 3.03. The molecule has 3 rings (SSSR count). The molecule has 1 saturated heterocycles. The van der Waals surface area contributed by atoms with Crippen molar-refractivity contribution >= 4 is 11.9 Å². The molecule has 1 aliphatic heterocycles. The third-order valence-corrected chi connectivity index (χ3v) is 4.94. The van der Waals surface area contributed by atoms with Gasteiger partial charge in [-0.2, -0.15) is 0 Å². The van der Waals surface area contributed by atoms with E-state index in [4.69, 9.17) is 10.2 Å². The number of carbonyl (C=O) groups is 2. The lowest BCUT2D eigenvalue weighted by atomic mass is 9.94. The lowest BCUT2D eigenvalue weighted by Gasteiger charge is -2.39. The Bertz CT molecular complexity index is 632. The molecule has 1 fully saturated rings. The number of aryl methyl sites for hydroxylation is 1. The van der Waals surface area contributed by atoms with Crippen LogP contribution in [0.15, 0.2) is 18.5 Å². The minimum atomic E-state index is -1.26. The molecule has 26 heavy (non-hydrogen) atoms. The molecule has 1 atom stereocenters. The standard InChI is InChI=1S/C14H24N4.C4H4O4/c1-3-17-11-15-13-10-12(4-5-14(13)17)18-8-6-16(2)7-9-18;5-3(6)1-2-4(7)8/h11-12H,3-10H2,1-2H3;1-2H,(H,5,6)(H,7,8)/b;2-1+. The first-order chi connectivity index (χ1) is 12.4. The zero-order valence-corrected chi connectivity index (χ0v) is 15.5. The second-order valence-electron chi connectivity index (χ2n) is 6.67. The van der Waals surface area contributed by atoms with E-state index in [-0.39, 0.29) is 0 Å². The quantitative estimate of drug-likeness (QED) is 0.760. The molecule has 8 nitrogen and oxygen atoms in total. The summed E-state index contributed by atoms with van der Waals surface area (Å²) in [6.45, 7) is 8.14. The number of fused-ring (bicyclic) bond motifs is 1. The summed E-state index contributed by atoms with van der Waals surface area (Å²) in [4.78, 5) is 28.8. The van der Waals surface area contributed by atoms with E-state index in [1.165, 1.54) is 50.4 Å². The normalized spacial score (nSPS) is 21.1. The number of carboxylic acid groups (broad SMARTS) is 2. The van der Waals surface area contributed by atoms with Crippen LogP contribution < -0.4 is 0 Å². The van der Waals surface area contributed by atoms with E-state index >= 15 is 0 Å². The highest BCUT2D eigenvalue weighted by Crippen LogP contribution is 2.24. The van der Waals surface area contributed by atoms with Crippen LogP contribution in [0.5, 0.6) is 0 Å². The summed E-state index contributed by atoms with van der Waals surface area (Å²) >= 11 is 0. The number of nitrogens with zero attached hydrogens (tertiary/aromatic N) is 4. The average molecular weight is 364 g/mol. The second kappa shape index (κ2) is 9.49. The fraction of sp³-hybridized carbons (Fsp3) is 0.611. The first kappa shape index (κ1) is 20.1. The molecule has 144 valence electrons. The summed E-state index contributed by atoms with van der Waals surface area (Å²) in [5.41, 5.74) is 2.84. The Kier molecular flexibility index (Phi) is 7.35. The van der Waals surface area contributed by atoms with Gasteiger partial charge < -0.3 is 19.7 Å². The molecule has 0 saturated carbocycles. The molecule has 0 spiro atoms. The molecule has 2 N–H and O–H groups in total. The Labute approximate surface area is 153 Å². The number of aromatic nitrogens is 2. The van der Waals surface area contributed by atoms with Gasteiger partial charge in [-0.1, -0.05) is 0 Å². The fourth-order valence-electron chi connectivity index (χ4n) is 3.45. The van der Waals surface area contributed by atoms with E-state index in [2.05, 4.69) is 33.3 Å². The maximum Gasteiger partial charge on any atom is 0.328 e. The molecule has 0 bridgehead atoms. The van der Waals surface area contributed by atoms with Gasteiger partial charge in [-0.15, -0.1) is 0 Å². The summed E-state index contributed by atoms with van der Waals surface area (Å²) in [5, 5.41) is 15.6. The first-order valence-electron chi connectivity index (χ1n) is 9.00. The van der Waals surface area contributed by atoms with Crippen LogP contribution in [0.3, 0.4) is 0 Å². The lowest BCUT2D eigenvalue weighted by Crippen LogP contribution is -2.50. The highest BCUT2D eigenvalue weighted by molar-refractivity contribution is 5.89. The topological polar surface area (TPSA) is 98.9 Å². The molecule has 1 aliphatic carbocycles. The van der Waals surface area contributed by atoms with Crippen molar-refractivity contribution in [3.63, 3.8) is 0 Å². The van der Waals surface area contributed by atoms with Gasteiger partial charge in [-0.25, -0.2) is 14.6 Å². The number of piperazine rings is 1. The van der Waals surface area contributed by atoms with Gasteiger partial charge in [0.2, 0.25) is 0 Å². The Morgan fingerprint density at radius 3 is 2.35 bits per heavy atom.